The second-order valence-corrected chi connectivity index (χ2v) is 4.08. The monoisotopic (exact) mass is 164 g/mol. The summed E-state index contributed by atoms with van der Waals surface area (Å²) in [6, 6.07) is 0. The molecule has 0 aliphatic carbocycles. The Kier molecular flexibility index (Phi) is 4.74. The first-order valence-electron chi connectivity index (χ1n) is 4.60. The summed E-state index contributed by atoms with van der Waals surface area (Å²) in [5, 5.41) is 0. The van der Waals surface area contributed by atoms with E-state index in [0.29, 0.717) is 0 Å². The molecule has 0 aromatic carbocycles. The molecule has 0 aliphatic rings. The predicted octanol–water partition coefficient (Wildman–Crippen LogP) is 3.78. The largest absolute Gasteiger partial charge is 0.120 e. The molecule has 0 rings (SSSR count). The Morgan fingerprint density at radius 2 is 2.00 bits per heavy atom. The number of hydrogen-bond acceptors (Lipinski definition) is 0. The highest BCUT2D eigenvalue weighted by Gasteiger charge is 2.17. The van der Waals surface area contributed by atoms with Crippen molar-refractivity contribution in [2.45, 2.75) is 46.5 Å². The molecule has 0 radical (unpaired) electrons. The van der Waals surface area contributed by atoms with Gasteiger partial charge in [0.25, 0.3) is 0 Å². The molecular weight excluding hydrogens is 144 g/mol. The highest BCUT2D eigenvalue weighted by atomic mass is 14.2. The molecular formula is C12H20. The van der Waals surface area contributed by atoms with E-state index in [1.807, 2.05) is 0 Å². The molecule has 0 amide bonds. The van der Waals surface area contributed by atoms with Gasteiger partial charge in [-0.1, -0.05) is 32.4 Å². The maximum absolute atomic E-state index is 5.17. The van der Waals surface area contributed by atoms with E-state index in [1.165, 1.54) is 18.4 Å². The summed E-state index contributed by atoms with van der Waals surface area (Å²) in [7, 11) is 0. The molecule has 0 spiro atoms. The lowest BCUT2D eigenvalue weighted by molar-refractivity contribution is 0.390. The number of unbranched alkanes of at least 4 members (excludes halogenated alkanes) is 2. The van der Waals surface area contributed by atoms with Gasteiger partial charge in [0.2, 0.25) is 0 Å². The lowest BCUT2D eigenvalue weighted by atomic mass is 9.81. The molecule has 0 heteroatoms. The van der Waals surface area contributed by atoms with Gasteiger partial charge in [0.15, 0.2) is 0 Å². The van der Waals surface area contributed by atoms with Crippen molar-refractivity contribution in [3.63, 3.8) is 0 Å². The maximum atomic E-state index is 5.17. The first kappa shape index (κ1) is 11.3. The van der Waals surface area contributed by atoms with Gasteiger partial charge in [-0.3, -0.25) is 0 Å². The molecule has 0 aromatic rings. The van der Waals surface area contributed by atoms with E-state index in [0.717, 1.165) is 12.8 Å². The van der Waals surface area contributed by atoms with Crippen LogP contribution in [0.1, 0.15) is 46.5 Å². The Balaban J connectivity index is 3.63. The third-order valence-electron chi connectivity index (χ3n) is 2.53. The van der Waals surface area contributed by atoms with Crippen LogP contribution in [-0.2, 0) is 0 Å². The zero-order valence-electron chi connectivity index (χ0n) is 8.61. The molecule has 0 aliphatic heterocycles. The summed E-state index contributed by atoms with van der Waals surface area (Å²) in [5.41, 5.74) is 1.55. The number of rotatable bonds is 5. The third-order valence-corrected chi connectivity index (χ3v) is 2.53. The van der Waals surface area contributed by atoms with Gasteiger partial charge in [-0.15, -0.1) is 12.3 Å². The van der Waals surface area contributed by atoms with E-state index in [2.05, 4.69) is 33.3 Å². The highest BCUT2D eigenvalue weighted by molar-refractivity contribution is 5.02. The predicted molar refractivity (Wildman–Crippen MR) is 55.9 cm³/mol. The van der Waals surface area contributed by atoms with Crippen LogP contribution in [0.3, 0.4) is 0 Å². The van der Waals surface area contributed by atoms with Gasteiger partial charge in [0.1, 0.15) is 0 Å². The minimum absolute atomic E-state index is 0.286. The third kappa shape index (κ3) is 4.23. The van der Waals surface area contributed by atoms with E-state index in [-0.39, 0.29) is 5.41 Å². The molecule has 0 atom stereocenters. The van der Waals surface area contributed by atoms with E-state index >= 15 is 0 Å². The number of hydrogen-bond donors (Lipinski definition) is 0. The van der Waals surface area contributed by atoms with Crippen LogP contribution in [-0.4, -0.2) is 0 Å². The van der Waals surface area contributed by atoms with Crippen molar-refractivity contribution >= 4 is 0 Å². The number of allylic oxidation sites excluding steroid dienone is 1. The Bertz CT molecular complexity index is 179. The standard InChI is InChI=1S/C12H20/c1-6-7-8-9-10-12(4,5)11(2)3/h1H,2,7-10H2,3-5H3. The normalized spacial score (nSPS) is 10.8. The van der Waals surface area contributed by atoms with Gasteiger partial charge in [0.05, 0.1) is 0 Å². The van der Waals surface area contributed by atoms with Gasteiger partial charge in [-0.05, 0) is 25.2 Å². The lowest BCUT2D eigenvalue weighted by Crippen LogP contribution is -2.11. The van der Waals surface area contributed by atoms with Crippen molar-refractivity contribution in [1.29, 1.82) is 0 Å². The Hall–Kier alpha value is -0.700. The summed E-state index contributed by atoms with van der Waals surface area (Å²) >= 11 is 0. The van der Waals surface area contributed by atoms with Crippen molar-refractivity contribution in [2.75, 3.05) is 0 Å². The molecule has 0 N–H and O–H groups in total. The molecule has 0 aromatic heterocycles. The van der Waals surface area contributed by atoms with Gasteiger partial charge >= 0.3 is 0 Å². The van der Waals surface area contributed by atoms with Gasteiger partial charge in [-0.25, -0.2) is 0 Å². The van der Waals surface area contributed by atoms with Crippen LogP contribution in [0.5, 0.6) is 0 Å². The van der Waals surface area contributed by atoms with Crippen LogP contribution in [0.15, 0.2) is 12.2 Å². The quantitative estimate of drug-likeness (QED) is 0.329. The fourth-order valence-corrected chi connectivity index (χ4v) is 1.01. The average Bonchev–Trinajstić information content (AvgIpc) is 1.98. The fourth-order valence-electron chi connectivity index (χ4n) is 1.01. The van der Waals surface area contributed by atoms with Crippen LogP contribution in [0.2, 0.25) is 0 Å². The van der Waals surface area contributed by atoms with Crippen LogP contribution >= 0.6 is 0 Å². The van der Waals surface area contributed by atoms with E-state index in [9.17, 15) is 0 Å². The summed E-state index contributed by atoms with van der Waals surface area (Å²) in [6.07, 6.45) is 9.64. The van der Waals surface area contributed by atoms with Crippen LogP contribution in [0.25, 0.3) is 0 Å². The van der Waals surface area contributed by atoms with Crippen molar-refractivity contribution in [3.8, 4) is 12.3 Å². The zero-order valence-corrected chi connectivity index (χ0v) is 8.61. The summed E-state index contributed by atoms with van der Waals surface area (Å²) in [4.78, 5) is 0. The Morgan fingerprint density at radius 1 is 1.42 bits per heavy atom. The van der Waals surface area contributed by atoms with Crippen LogP contribution in [0.4, 0.5) is 0 Å². The van der Waals surface area contributed by atoms with Crippen molar-refractivity contribution in [1.82, 2.24) is 0 Å². The molecule has 0 nitrogen and oxygen atoms in total. The molecule has 12 heavy (non-hydrogen) atoms. The molecule has 0 saturated heterocycles. The van der Waals surface area contributed by atoms with Gasteiger partial charge in [0, 0.05) is 6.42 Å². The smallest absolute Gasteiger partial charge is 0.00860 e. The molecule has 0 heterocycles. The number of terminal acetylenes is 1. The van der Waals surface area contributed by atoms with Gasteiger partial charge in [-0.2, -0.15) is 0 Å². The second-order valence-electron chi connectivity index (χ2n) is 4.08. The first-order valence-corrected chi connectivity index (χ1v) is 4.60. The molecule has 0 bridgehead atoms. The molecule has 0 fully saturated rings. The van der Waals surface area contributed by atoms with Crippen molar-refractivity contribution in [3.05, 3.63) is 12.2 Å². The van der Waals surface area contributed by atoms with Crippen LogP contribution < -0.4 is 0 Å². The Labute approximate surface area is 77.1 Å². The maximum Gasteiger partial charge on any atom is 0.00860 e. The molecule has 68 valence electrons. The zero-order chi connectivity index (χ0) is 9.61. The average molecular weight is 164 g/mol. The van der Waals surface area contributed by atoms with Crippen molar-refractivity contribution < 1.29 is 0 Å². The summed E-state index contributed by atoms with van der Waals surface area (Å²) < 4.78 is 0. The van der Waals surface area contributed by atoms with Gasteiger partial charge < -0.3 is 0 Å². The SMILES string of the molecule is C#CCCCCC(C)(C)C(=C)C. The van der Waals surface area contributed by atoms with Crippen LogP contribution in [0, 0.1) is 17.8 Å². The van der Waals surface area contributed by atoms with E-state index < -0.39 is 0 Å². The van der Waals surface area contributed by atoms with E-state index in [4.69, 9.17) is 6.42 Å². The molecule has 0 unspecified atom stereocenters. The minimum Gasteiger partial charge on any atom is -0.120 e. The topological polar surface area (TPSA) is 0 Å². The van der Waals surface area contributed by atoms with E-state index in [1.54, 1.807) is 0 Å². The van der Waals surface area contributed by atoms with Crippen molar-refractivity contribution in [2.24, 2.45) is 5.41 Å². The lowest BCUT2D eigenvalue weighted by Gasteiger charge is -2.24. The second kappa shape index (κ2) is 5.04. The summed E-state index contributed by atoms with van der Waals surface area (Å²) in [5.74, 6) is 2.66. The summed E-state index contributed by atoms with van der Waals surface area (Å²) in [6.45, 7) is 10.6. The fraction of sp³-hybridized carbons (Fsp3) is 0.667. The highest BCUT2D eigenvalue weighted by Crippen LogP contribution is 2.30. The Morgan fingerprint density at radius 3 is 2.42 bits per heavy atom. The minimum atomic E-state index is 0.286. The molecule has 0 saturated carbocycles. The first-order chi connectivity index (χ1) is 5.50.